The van der Waals surface area contributed by atoms with E-state index in [1.54, 1.807) is 0 Å². The number of esters is 2. The molecule has 0 amide bonds. The van der Waals surface area contributed by atoms with E-state index in [1.165, 1.54) is 48.5 Å². The topological polar surface area (TPSA) is 112 Å². The number of benzene rings is 2. The maximum atomic E-state index is 12.3. The fourth-order valence-corrected chi connectivity index (χ4v) is 3.24. The molecule has 0 spiro atoms. The van der Waals surface area contributed by atoms with Gasteiger partial charge in [-0.05, 0) is 48.5 Å². The molecule has 4 rings (SSSR count). The number of phenolic OH excluding ortho intramolecular Hbond substituents is 2. The molecule has 8 heteroatoms. The summed E-state index contributed by atoms with van der Waals surface area (Å²) in [6.45, 7) is 0.263. The first-order valence-corrected chi connectivity index (χ1v) is 8.74. The Hall–Kier alpha value is -3.10. The maximum Gasteiger partial charge on any atom is 0.338 e. The largest absolute Gasteiger partial charge is 0.508 e. The van der Waals surface area contributed by atoms with Crippen LogP contribution >= 0.6 is 0 Å². The lowest BCUT2D eigenvalue weighted by Gasteiger charge is -2.17. The standard InChI is InChI=1S/C20H18O8/c21-13-5-1-11(2-6-13)19(23)27-15-9-25-18-16(10-26-17(15)18)28-20(24)12-3-7-14(22)8-4-12/h1-8,15-18,21-22H,9-10H2/t15-,16+,17-,18-/m0/s1. The van der Waals surface area contributed by atoms with Gasteiger partial charge >= 0.3 is 11.9 Å². The van der Waals surface area contributed by atoms with Crippen LogP contribution in [0.3, 0.4) is 0 Å². The highest BCUT2D eigenvalue weighted by Gasteiger charge is 2.51. The molecule has 2 saturated heterocycles. The van der Waals surface area contributed by atoms with Crippen molar-refractivity contribution in [3.8, 4) is 11.5 Å². The molecule has 2 aliphatic rings. The second-order valence-corrected chi connectivity index (χ2v) is 6.58. The van der Waals surface area contributed by atoms with Crippen LogP contribution in [-0.4, -0.2) is 59.8 Å². The monoisotopic (exact) mass is 386 g/mol. The molecule has 146 valence electrons. The quantitative estimate of drug-likeness (QED) is 0.763. The smallest absolute Gasteiger partial charge is 0.338 e. The van der Waals surface area contributed by atoms with Crippen LogP contribution in [0.15, 0.2) is 48.5 Å². The van der Waals surface area contributed by atoms with Crippen molar-refractivity contribution in [1.82, 2.24) is 0 Å². The molecular weight excluding hydrogens is 368 g/mol. The van der Waals surface area contributed by atoms with Gasteiger partial charge in [0.25, 0.3) is 0 Å². The van der Waals surface area contributed by atoms with Gasteiger partial charge in [-0.2, -0.15) is 0 Å². The molecule has 0 bridgehead atoms. The van der Waals surface area contributed by atoms with E-state index < -0.39 is 36.4 Å². The zero-order valence-electron chi connectivity index (χ0n) is 14.7. The highest BCUT2D eigenvalue weighted by Crippen LogP contribution is 2.31. The number of hydrogen-bond donors (Lipinski definition) is 2. The van der Waals surface area contributed by atoms with Crippen molar-refractivity contribution in [2.24, 2.45) is 0 Å². The van der Waals surface area contributed by atoms with Crippen molar-refractivity contribution in [1.29, 1.82) is 0 Å². The summed E-state index contributed by atoms with van der Waals surface area (Å²) in [6, 6.07) is 11.4. The Morgan fingerprint density at radius 3 is 1.43 bits per heavy atom. The van der Waals surface area contributed by atoms with E-state index >= 15 is 0 Å². The van der Waals surface area contributed by atoms with Gasteiger partial charge in [-0.3, -0.25) is 0 Å². The van der Waals surface area contributed by atoms with E-state index in [2.05, 4.69) is 0 Å². The Balaban J connectivity index is 1.36. The molecule has 2 heterocycles. The van der Waals surface area contributed by atoms with E-state index in [1.807, 2.05) is 0 Å². The van der Waals surface area contributed by atoms with Gasteiger partial charge in [0, 0.05) is 0 Å². The van der Waals surface area contributed by atoms with Crippen molar-refractivity contribution < 1.29 is 38.7 Å². The minimum atomic E-state index is -0.622. The number of hydrogen-bond acceptors (Lipinski definition) is 8. The molecule has 8 nitrogen and oxygen atoms in total. The average Bonchev–Trinajstić information content (AvgIpc) is 3.26. The molecule has 2 fully saturated rings. The van der Waals surface area contributed by atoms with Crippen LogP contribution in [-0.2, 0) is 18.9 Å². The number of phenols is 2. The number of rotatable bonds is 4. The van der Waals surface area contributed by atoms with Crippen LogP contribution in [0.1, 0.15) is 20.7 Å². The zero-order chi connectivity index (χ0) is 19.7. The van der Waals surface area contributed by atoms with Gasteiger partial charge in [0.1, 0.15) is 23.7 Å². The van der Waals surface area contributed by atoms with Gasteiger partial charge in [0.2, 0.25) is 0 Å². The molecule has 2 aliphatic heterocycles. The lowest BCUT2D eigenvalue weighted by Crippen LogP contribution is -2.36. The van der Waals surface area contributed by atoms with Crippen molar-refractivity contribution >= 4 is 11.9 Å². The highest BCUT2D eigenvalue weighted by molar-refractivity contribution is 5.90. The van der Waals surface area contributed by atoms with Crippen molar-refractivity contribution in [2.75, 3.05) is 13.2 Å². The lowest BCUT2D eigenvalue weighted by atomic mass is 10.1. The molecule has 0 aliphatic carbocycles. The van der Waals surface area contributed by atoms with E-state index in [0.717, 1.165) is 0 Å². The molecule has 0 radical (unpaired) electrons. The Labute approximate surface area is 160 Å². The molecule has 28 heavy (non-hydrogen) atoms. The number of aromatic hydroxyl groups is 2. The molecule has 2 aromatic rings. The Bertz CT molecular complexity index is 787. The van der Waals surface area contributed by atoms with Crippen LogP contribution in [0.4, 0.5) is 0 Å². The van der Waals surface area contributed by atoms with Crippen LogP contribution in [0.25, 0.3) is 0 Å². The third kappa shape index (κ3) is 3.64. The van der Waals surface area contributed by atoms with Gasteiger partial charge < -0.3 is 29.2 Å². The lowest BCUT2D eigenvalue weighted by molar-refractivity contribution is -0.0287. The first kappa shape index (κ1) is 18.3. The van der Waals surface area contributed by atoms with Gasteiger partial charge in [-0.1, -0.05) is 0 Å². The fraction of sp³-hybridized carbons (Fsp3) is 0.300. The van der Waals surface area contributed by atoms with Crippen LogP contribution in [0.5, 0.6) is 11.5 Å². The normalized spacial score (nSPS) is 25.9. The zero-order valence-corrected chi connectivity index (χ0v) is 14.7. The molecule has 2 N–H and O–H groups in total. The predicted octanol–water partition coefficient (Wildman–Crippen LogP) is 1.65. The number of ether oxygens (including phenoxy) is 4. The fourth-order valence-electron chi connectivity index (χ4n) is 3.24. The first-order valence-electron chi connectivity index (χ1n) is 8.74. The second kappa shape index (κ2) is 7.49. The summed E-state index contributed by atoms with van der Waals surface area (Å²) in [4.78, 5) is 24.5. The molecule has 0 saturated carbocycles. The third-order valence-electron chi connectivity index (χ3n) is 4.69. The molecule has 4 atom stereocenters. The Morgan fingerprint density at radius 2 is 1.07 bits per heavy atom. The summed E-state index contributed by atoms with van der Waals surface area (Å²) in [6.07, 6.45) is -2.30. The minimum Gasteiger partial charge on any atom is -0.508 e. The summed E-state index contributed by atoms with van der Waals surface area (Å²) in [5, 5.41) is 18.6. The Kier molecular flexibility index (Phi) is 4.89. The highest BCUT2D eigenvalue weighted by atomic mass is 16.7. The summed E-state index contributed by atoms with van der Waals surface area (Å²) in [5.41, 5.74) is 0.601. The van der Waals surface area contributed by atoms with Crippen molar-refractivity contribution in [2.45, 2.75) is 24.4 Å². The average molecular weight is 386 g/mol. The van der Waals surface area contributed by atoms with E-state index in [9.17, 15) is 19.8 Å². The summed E-state index contributed by atoms with van der Waals surface area (Å²) in [5.74, 6) is -0.999. The van der Waals surface area contributed by atoms with E-state index in [-0.39, 0.29) is 24.7 Å². The molecular formula is C20H18O8. The Morgan fingerprint density at radius 1 is 0.714 bits per heavy atom. The van der Waals surface area contributed by atoms with Gasteiger partial charge in [-0.15, -0.1) is 0 Å². The van der Waals surface area contributed by atoms with Crippen LogP contribution in [0.2, 0.25) is 0 Å². The second-order valence-electron chi connectivity index (χ2n) is 6.58. The SMILES string of the molecule is O=C(O[C@H]1CO[C@@H]2[C@H]1OC[C@H]2OC(=O)c1ccc(O)cc1)c1ccc(O)cc1. The number of carbonyl (C=O) groups is 2. The van der Waals surface area contributed by atoms with Gasteiger partial charge in [0.05, 0.1) is 24.3 Å². The third-order valence-corrected chi connectivity index (χ3v) is 4.69. The maximum absolute atomic E-state index is 12.3. The van der Waals surface area contributed by atoms with Crippen molar-refractivity contribution in [3.05, 3.63) is 59.7 Å². The predicted molar refractivity (Wildman–Crippen MR) is 94.1 cm³/mol. The number of carbonyl (C=O) groups excluding carboxylic acids is 2. The van der Waals surface area contributed by atoms with Crippen molar-refractivity contribution in [3.63, 3.8) is 0 Å². The minimum absolute atomic E-state index is 0.0539. The van der Waals surface area contributed by atoms with E-state index in [4.69, 9.17) is 18.9 Å². The van der Waals surface area contributed by atoms with Crippen LogP contribution in [0, 0.1) is 0 Å². The molecule has 2 aromatic carbocycles. The van der Waals surface area contributed by atoms with E-state index in [0.29, 0.717) is 11.1 Å². The van der Waals surface area contributed by atoms with Gasteiger partial charge in [-0.25, -0.2) is 9.59 Å². The molecule has 0 unspecified atom stereocenters. The van der Waals surface area contributed by atoms with Gasteiger partial charge in [0.15, 0.2) is 12.2 Å². The summed E-state index contributed by atoms with van der Waals surface area (Å²) in [7, 11) is 0. The number of fused-ring (bicyclic) bond motifs is 1. The summed E-state index contributed by atoms with van der Waals surface area (Å²) < 4.78 is 22.2. The molecule has 0 aromatic heterocycles. The summed E-state index contributed by atoms with van der Waals surface area (Å²) >= 11 is 0. The first-order chi connectivity index (χ1) is 13.5. The van der Waals surface area contributed by atoms with Crippen LogP contribution < -0.4 is 0 Å².